The Morgan fingerprint density at radius 3 is 2.59 bits per heavy atom. The van der Waals surface area contributed by atoms with Crippen molar-refractivity contribution in [2.24, 2.45) is 0 Å². The van der Waals surface area contributed by atoms with Gasteiger partial charge in [0, 0.05) is 5.69 Å². The monoisotopic (exact) mass is 318 g/mol. The number of benzene rings is 1. The topological polar surface area (TPSA) is 79.3 Å². The van der Waals surface area contributed by atoms with Crippen molar-refractivity contribution in [1.82, 2.24) is 4.98 Å². The normalized spacial score (nSPS) is 11.9. The predicted molar refractivity (Wildman–Crippen MR) is 86.6 cm³/mol. The minimum Gasteiger partial charge on any atom is -0.481 e. The van der Waals surface area contributed by atoms with E-state index >= 15 is 0 Å². The van der Waals surface area contributed by atoms with E-state index in [-0.39, 0.29) is 5.91 Å². The summed E-state index contributed by atoms with van der Waals surface area (Å²) in [6, 6.07) is 6.84. The highest BCUT2D eigenvalue weighted by Gasteiger charge is 2.14. The van der Waals surface area contributed by atoms with Crippen LogP contribution in [0.2, 0.25) is 0 Å². The molecule has 0 fully saturated rings. The minimum absolute atomic E-state index is 0.195. The van der Waals surface area contributed by atoms with Gasteiger partial charge in [0.05, 0.1) is 17.1 Å². The van der Waals surface area contributed by atoms with Crippen LogP contribution >= 0.6 is 11.3 Å². The summed E-state index contributed by atoms with van der Waals surface area (Å²) in [6.07, 6.45) is 3.46. The van der Waals surface area contributed by atoms with Crippen molar-refractivity contribution in [1.29, 1.82) is 0 Å². The van der Waals surface area contributed by atoms with E-state index in [1.54, 1.807) is 37.4 Å². The number of nitrogens with one attached hydrogen (secondary N) is 1. The summed E-state index contributed by atoms with van der Waals surface area (Å²) in [5.74, 6) is -1.63. The van der Waals surface area contributed by atoms with Crippen LogP contribution in [0.1, 0.15) is 46.4 Å². The molecule has 2 N–H and O–H groups in total. The molecular weight excluding hydrogens is 300 g/mol. The second-order valence-electron chi connectivity index (χ2n) is 5.00. The van der Waals surface area contributed by atoms with Crippen molar-refractivity contribution >= 4 is 28.9 Å². The van der Waals surface area contributed by atoms with Crippen LogP contribution in [0.15, 0.2) is 30.5 Å². The first-order valence-corrected chi connectivity index (χ1v) is 7.91. The summed E-state index contributed by atoms with van der Waals surface area (Å²) in [4.78, 5) is 27.8. The van der Waals surface area contributed by atoms with Crippen LogP contribution in [0.25, 0.3) is 0 Å². The molecule has 1 amide bonds. The molecule has 1 aromatic carbocycles. The maximum atomic E-state index is 12.1. The molecule has 0 bridgehead atoms. The van der Waals surface area contributed by atoms with Crippen molar-refractivity contribution in [2.45, 2.75) is 32.6 Å². The van der Waals surface area contributed by atoms with Gasteiger partial charge in [-0.05, 0) is 37.5 Å². The van der Waals surface area contributed by atoms with Gasteiger partial charge in [-0.3, -0.25) is 9.59 Å². The zero-order valence-electron chi connectivity index (χ0n) is 12.5. The Morgan fingerprint density at radius 2 is 2.00 bits per heavy atom. The average Bonchev–Trinajstić information content (AvgIpc) is 2.96. The number of aliphatic carboxylic acids is 1. The van der Waals surface area contributed by atoms with Crippen LogP contribution in [0.5, 0.6) is 0 Å². The molecule has 2 rings (SSSR count). The van der Waals surface area contributed by atoms with E-state index in [2.05, 4.69) is 17.2 Å². The molecule has 22 heavy (non-hydrogen) atoms. The zero-order valence-corrected chi connectivity index (χ0v) is 13.3. The van der Waals surface area contributed by atoms with Gasteiger partial charge < -0.3 is 10.4 Å². The minimum atomic E-state index is -0.870. The van der Waals surface area contributed by atoms with E-state index < -0.39 is 11.9 Å². The molecule has 1 atom stereocenters. The maximum Gasteiger partial charge on any atom is 0.310 e. The first-order chi connectivity index (χ1) is 10.5. The van der Waals surface area contributed by atoms with E-state index in [1.807, 2.05) is 0 Å². The Balaban J connectivity index is 2.03. The number of anilines is 1. The number of amides is 1. The van der Waals surface area contributed by atoms with Crippen LogP contribution in [-0.2, 0) is 11.2 Å². The van der Waals surface area contributed by atoms with Crippen molar-refractivity contribution < 1.29 is 14.7 Å². The number of thiazole rings is 1. The molecule has 0 aliphatic carbocycles. The number of hydrogen-bond donors (Lipinski definition) is 2. The summed E-state index contributed by atoms with van der Waals surface area (Å²) < 4.78 is 0. The van der Waals surface area contributed by atoms with E-state index in [0.717, 1.165) is 17.8 Å². The van der Waals surface area contributed by atoms with Crippen molar-refractivity contribution in [2.75, 3.05) is 5.32 Å². The number of nitrogens with zero attached hydrogens (tertiary/aromatic N) is 1. The third kappa shape index (κ3) is 3.92. The van der Waals surface area contributed by atoms with Gasteiger partial charge in [-0.15, -0.1) is 11.3 Å². The lowest BCUT2D eigenvalue weighted by Gasteiger charge is -2.08. The lowest BCUT2D eigenvalue weighted by atomic mass is 10.0. The molecule has 116 valence electrons. The van der Waals surface area contributed by atoms with E-state index in [9.17, 15) is 9.59 Å². The lowest BCUT2D eigenvalue weighted by molar-refractivity contribution is -0.138. The number of hydrogen-bond acceptors (Lipinski definition) is 4. The standard InChI is InChI=1S/C16H18N2O3S/c1-3-4-14-17-9-13(22-14)15(19)18-12-7-5-11(6-8-12)10(2)16(20)21/h5-10H,3-4H2,1-2H3,(H,18,19)(H,20,21). The van der Waals surface area contributed by atoms with Crippen molar-refractivity contribution in [3.05, 3.63) is 45.9 Å². The quantitative estimate of drug-likeness (QED) is 0.854. The molecule has 2 aromatic rings. The molecule has 0 saturated heterocycles. The molecule has 1 aromatic heterocycles. The first-order valence-electron chi connectivity index (χ1n) is 7.10. The molecule has 5 nitrogen and oxygen atoms in total. The first kappa shape index (κ1) is 16.2. The van der Waals surface area contributed by atoms with Gasteiger partial charge in [0.2, 0.25) is 0 Å². The Bertz CT molecular complexity index is 664. The highest BCUT2D eigenvalue weighted by Crippen LogP contribution is 2.20. The number of carboxylic acid groups (broad SMARTS) is 1. The molecule has 0 saturated carbocycles. The van der Waals surface area contributed by atoms with Gasteiger partial charge >= 0.3 is 5.97 Å². The highest BCUT2D eigenvalue weighted by molar-refractivity contribution is 7.13. The third-order valence-electron chi connectivity index (χ3n) is 3.28. The van der Waals surface area contributed by atoms with Crippen LogP contribution in [0.3, 0.4) is 0 Å². The molecule has 0 aliphatic heterocycles. The molecule has 1 unspecified atom stereocenters. The Kier molecular flexibility index (Phi) is 5.27. The number of carboxylic acids is 1. The molecule has 6 heteroatoms. The number of aryl methyl sites for hydroxylation is 1. The molecule has 1 heterocycles. The van der Waals surface area contributed by atoms with Gasteiger partial charge in [0.25, 0.3) is 5.91 Å². The van der Waals surface area contributed by atoms with E-state index in [4.69, 9.17) is 5.11 Å². The van der Waals surface area contributed by atoms with Crippen LogP contribution < -0.4 is 5.32 Å². The number of aromatic nitrogens is 1. The fourth-order valence-corrected chi connectivity index (χ4v) is 2.85. The maximum absolute atomic E-state index is 12.1. The Morgan fingerprint density at radius 1 is 1.32 bits per heavy atom. The summed E-state index contributed by atoms with van der Waals surface area (Å²) in [5.41, 5.74) is 1.34. The largest absolute Gasteiger partial charge is 0.481 e. The zero-order chi connectivity index (χ0) is 16.1. The van der Waals surface area contributed by atoms with Crippen molar-refractivity contribution in [3.8, 4) is 0 Å². The van der Waals surface area contributed by atoms with Gasteiger partial charge in [-0.2, -0.15) is 0 Å². The number of carbonyl (C=O) groups is 2. The Hall–Kier alpha value is -2.21. The molecule has 0 aliphatic rings. The van der Waals surface area contributed by atoms with Crippen molar-refractivity contribution in [3.63, 3.8) is 0 Å². The molecular formula is C16H18N2O3S. The van der Waals surface area contributed by atoms with Crippen LogP contribution in [0.4, 0.5) is 5.69 Å². The van der Waals surface area contributed by atoms with Crippen LogP contribution in [0, 0.1) is 0 Å². The predicted octanol–water partition coefficient (Wildman–Crippen LogP) is 3.54. The Labute approximate surface area is 133 Å². The van der Waals surface area contributed by atoms with E-state index in [0.29, 0.717) is 16.1 Å². The fraction of sp³-hybridized carbons (Fsp3) is 0.312. The number of carbonyl (C=O) groups excluding carboxylic acids is 1. The smallest absolute Gasteiger partial charge is 0.310 e. The van der Waals surface area contributed by atoms with Crippen LogP contribution in [-0.4, -0.2) is 22.0 Å². The highest BCUT2D eigenvalue weighted by atomic mass is 32.1. The summed E-state index contributed by atoms with van der Waals surface area (Å²) in [7, 11) is 0. The third-order valence-corrected chi connectivity index (χ3v) is 4.34. The SMILES string of the molecule is CCCc1ncc(C(=O)Nc2ccc(C(C)C(=O)O)cc2)s1. The molecule has 0 radical (unpaired) electrons. The average molecular weight is 318 g/mol. The fourth-order valence-electron chi connectivity index (χ4n) is 1.94. The molecule has 0 spiro atoms. The van der Waals surface area contributed by atoms with Gasteiger partial charge in [-0.1, -0.05) is 19.1 Å². The van der Waals surface area contributed by atoms with Gasteiger partial charge in [0.1, 0.15) is 4.88 Å². The number of rotatable bonds is 6. The second-order valence-corrected chi connectivity index (χ2v) is 6.12. The second kappa shape index (κ2) is 7.17. The van der Waals surface area contributed by atoms with E-state index in [1.165, 1.54) is 11.3 Å². The summed E-state index contributed by atoms with van der Waals surface area (Å²) in [6.45, 7) is 3.70. The van der Waals surface area contributed by atoms with Gasteiger partial charge in [-0.25, -0.2) is 4.98 Å². The lowest BCUT2D eigenvalue weighted by Crippen LogP contribution is -2.11. The summed E-state index contributed by atoms with van der Waals surface area (Å²) in [5, 5.41) is 12.7. The summed E-state index contributed by atoms with van der Waals surface area (Å²) >= 11 is 1.40. The van der Waals surface area contributed by atoms with Gasteiger partial charge in [0.15, 0.2) is 0 Å².